The first kappa shape index (κ1) is 14.6. The first-order valence-corrected chi connectivity index (χ1v) is 6.82. The van der Waals surface area contributed by atoms with Crippen molar-refractivity contribution in [2.45, 2.75) is 24.8 Å². The average molecular weight is 309 g/mol. The van der Waals surface area contributed by atoms with Crippen molar-refractivity contribution in [2.24, 2.45) is 15.0 Å². The Labute approximate surface area is 125 Å². The van der Waals surface area contributed by atoms with Gasteiger partial charge in [0.1, 0.15) is 18.2 Å². The first-order valence-electron chi connectivity index (χ1n) is 6.82. The third-order valence-corrected chi connectivity index (χ3v) is 3.51. The highest BCUT2D eigenvalue weighted by Gasteiger charge is 2.33. The van der Waals surface area contributed by atoms with E-state index in [1.165, 1.54) is 18.5 Å². The number of hydrogen-bond acceptors (Lipinski definition) is 5. The maximum atomic E-state index is 12.9. The highest BCUT2D eigenvalue weighted by Crippen LogP contribution is 2.31. The van der Waals surface area contributed by atoms with Gasteiger partial charge in [-0.05, 0) is 18.1 Å². The second kappa shape index (κ2) is 5.78. The lowest BCUT2D eigenvalue weighted by molar-refractivity contribution is -0.138. The van der Waals surface area contributed by atoms with Crippen molar-refractivity contribution in [3.8, 4) is 0 Å². The molecule has 2 atom stereocenters. The molecule has 2 N–H and O–H groups in total. The Bertz CT molecular complexity index is 636. The topological polar surface area (TPSA) is 61.1 Å². The Balaban J connectivity index is 1.63. The second-order valence-corrected chi connectivity index (χ2v) is 4.95. The minimum Gasteiger partial charge on any atom is -0.371 e. The number of halogens is 3. The molecular formula is C14H14F3N5. The molecule has 0 spiro atoms. The van der Waals surface area contributed by atoms with Gasteiger partial charge < -0.3 is 10.6 Å². The van der Waals surface area contributed by atoms with Crippen molar-refractivity contribution >= 4 is 18.5 Å². The predicted octanol–water partition coefficient (Wildman–Crippen LogP) is 1.60. The summed E-state index contributed by atoms with van der Waals surface area (Å²) in [5.41, 5.74) is -0.334. The lowest BCUT2D eigenvalue weighted by Gasteiger charge is -2.20. The van der Waals surface area contributed by atoms with Crippen LogP contribution in [0.25, 0.3) is 0 Å². The van der Waals surface area contributed by atoms with E-state index in [2.05, 4.69) is 25.6 Å². The zero-order valence-electron chi connectivity index (χ0n) is 11.5. The van der Waals surface area contributed by atoms with Crippen LogP contribution in [0.2, 0.25) is 0 Å². The standard InChI is InChI=1S/C14H14F3N5/c15-14(16,17)10-4-2-1-3-9(10)5-6-18-12-11-13(20-7-19-11)22-8-21-12/h1-4,7-8,11,13H,5-6H2,(H,19,20)(H,18,21,22). The molecule has 116 valence electrons. The fourth-order valence-electron chi connectivity index (χ4n) is 2.45. The van der Waals surface area contributed by atoms with Gasteiger partial charge in [-0.3, -0.25) is 4.99 Å². The number of alkyl halides is 3. The van der Waals surface area contributed by atoms with Crippen LogP contribution >= 0.6 is 0 Å². The molecule has 22 heavy (non-hydrogen) atoms. The van der Waals surface area contributed by atoms with Crippen molar-refractivity contribution in [1.82, 2.24) is 10.6 Å². The molecule has 0 bridgehead atoms. The first-order chi connectivity index (χ1) is 10.6. The molecule has 2 aliphatic heterocycles. The van der Waals surface area contributed by atoms with E-state index in [0.29, 0.717) is 12.4 Å². The Morgan fingerprint density at radius 3 is 2.82 bits per heavy atom. The van der Waals surface area contributed by atoms with E-state index < -0.39 is 11.7 Å². The number of aliphatic imine (C=N–C) groups is 3. The molecule has 3 rings (SSSR count). The maximum absolute atomic E-state index is 12.9. The van der Waals surface area contributed by atoms with Gasteiger partial charge in [0.25, 0.3) is 0 Å². The third kappa shape index (κ3) is 2.95. The molecule has 8 heteroatoms. The Morgan fingerprint density at radius 2 is 2.00 bits per heavy atom. The minimum absolute atomic E-state index is 0.178. The van der Waals surface area contributed by atoms with Crippen LogP contribution in [0.1, 0.15) is 11.1 Å². The summed E-state index contributed by atoms with van der Waals surface area (Å²) in [7, 11) is 0. The van der Waals surface area contributed by atoms with Gasteiger partial charge in [-0.2, -0.15) is 13.2 Å². The molecule has 0 radical (unpaired) electrons. The van der Waals surface area contributed by atoms with Gasteiger partial charge in [-0.15, -0.1) is 0 Å². The summed E-state index contributed by atoms with van der Waals surface area (Å²) in [6, 6.07) is 5.36. The Hall–Kier alpha value is -2.38. The summed E-state index contributed by atoms with van der Waals surface area (Å²) in [4.78, 5) is 12.4. The van der Waals surface area contributed by atoms with Gasteiger partial charge in [0.15, 0.2) is 6.17 Å². The van der Waals surface area contributed by atoms with E-state index >= 15 is 0 Å². The lowest BCUT2D eigenvalue weighted by Crippen LogP contribution is -2.44. The molecule has 0 fully saturated rings. The molecule has 0 saturated carbocycles. The van der Waals surface area contributed by atoms with E-state index in [4.69, 9.17) is 0 Å². The number of fused-ring (bicyclic) bond motifs is 1. The van der Waals surface area contributed by atoms with Crippen LogP contribution in [0.4, 0.5) is 13.2 Å². The highest BCUT2D eigenvalue weighted by molar-refractivity contribution is 5.97. The maximum Gasteiger partial charge on any atom is 0.416 e. The van der Waals surface area contributed by atoms with Crippen molar-refractivity contribution < 1.29 is 13.2 Å². The fourth-order valence-corrected chi connectivity index (χ4v) is 2.45. The van der Waals surface area contributed by atoms with Crippen molar-refractivity contribution in [2.75, 3.05) is 6.54 Å². The van der Waals surface area contributed by atoms with E-state index in [-0.39, 0.29) is 24.2 Å². The fraction of sp³-hybridized carbons (Fsp3) is 0.357. The molecular weight excluding hydrogens is 295 g/mol. The van der Waals surface area contributed by atoms with Crippen LogP contribution in [-0.2, 0) is 12.6 Å². The molecule has 1 aromatic rings. The monoisotopic (exact) mass is 309 g/mol. The molecule has 0 saturated heterocycles. The summed E-state index contributed by atoms with van der Waals surface area (Å²) in [6.07, 6.45) is -1.28. The van der Waals surface area contributed by atoms with Gasteiger partial charge in [-0.25, -0.2) is 9.98 Å². The molecule has 2 heterocycles. The minimum atomic E-state index is -4.34. The average Bonchev–Trinajstić information content (AvgIpc) is 2.96. The molecule has 5 nitrogen and oxygen atoms in total. The number of nitrogens with one attached hydrogen (secondary N) is 2. The molecule has 0 aliphatic carbocycles. The summed E-state index contributed by atoms with van der Waals surface area (Å²) >= 11 is 0. The number of nitrogens with zero attached hydrogens (tertiary/aromatic N) is 3. The smallest absolute Gasteiger partial charge is 0.371 e. The van der Waals surface area contributed by atoms with E-state index in [9.17, 15) is 13.2 Å². The highest BCUT2D eigenvalue weighted by atomic mass is 19.4. The van der Waals surface area contributed by atoms with Gasteiger partial charge in [0.2, 0.25) is 0 Å². The van der Waals surface area contributed by atoms with Crippen LogP contribution in [0.15, 0.2) is 39.2 Å². The van der Waals surface area contributed by atoms with Crippen LogP contribution in [-0.4, -0.2) is 37.3 Å². The predicted molar refractivity (Wildman–Crippen MR) is 78.3 cm³/mol. The molecule has 1 aromatic carbocycles. The summed E-state index contributed by atoms with van der Waals surface area (Å²) in [5.74, 6) is 0.616. The summed E-state index contributed by atoms with van der Waals surface area (Å²) < 4.78 is 38.8. The van der Waals surface area contributed by atoms with Crippen LogP contribution < -0.4 is 10.6 Å². The summed E-state index contributed by atoms with van der Waals surface area (Å²) in [6.45, 7) is 0.346. The molecule has 2 aliphatic rings. The van der Waals surface area contributed by atoms with E-state index in [0.717, 1.165) is 6.07 Å². The van der Waals surface area contributed by atoms with Gasteiger partial charge in [0, 0.05) is 6.54 Å². The van der Waals surface area contributed by atoms with Crippen LogP contribution in [0.3, 0.4) is 0 Å². The number of amidine groups is 1. The molecule has 2 unspecified atom stereocenters. The van der Waals surface area contributed by atoms with E-state index in [1.54, 1.807) is 12.4 Å². The third-order valence-electron chi connectivity index (χ3n) is 3.51. The number of rotatable bonds is 3. The van der Waals surface area contributed by atoms with Crippen LogP contribution in [0.5, 0.6) is 0 Å². The van der Waals surface area contributed by atoms with Gasteiger partial charge in [-0.1, -0.05) is 18.2 Å². The quantitative estimate of drug-likeness (QED) is 0.891. The van der Waals surface area contributed by atoms with Crippen molar-refractivity contribution in [3.05, 3.63) is 35.4 Å². The van der Waals surface area contributed by atoms with Crippen molar-refractivity contribution in [3.63, 3.8) is 0 Å². The van der Waals surface area contributed by atoms with Gasteiger partial charge >= 0.3 is 6.18 Å². The second-order valence-electron chi connectivity index (χ2n) is 4.95. The SMILES string of the molecule is FC(F)(F)c1ccccc1CCNC1=NC=NC2NC=NC12. The zero-order chi connectivity index (χ0) is 15.6. The lowest BCUT2D eigenvalue weighted by atomic mass is 10.0. The Morgan fingerprint density at radius 1 is 1.18 bits per heavy atom. The largest absolute Gasteiger partial charge is 0.416 e. The van der Waals surface area contributed by atoms with E-state index in [1.807, 2.05) is 0 Å². The van der Waals surface area contributed by atoms with Crippen molar-refractivity contribution in [1.29, 1.82) is 0 Å². The normalized spacial score (nSPS) is 23.0. The van der Waals surface area contributed by atoms with Crippen LogP contribution in [0, 0.1) is 0 Å². The molecule has 0 aromatic heterocycles. The number of benzene rings is 1. The zero-order valence-corrected chi connectivity index (χ0v) is 11.5. The summed E-state index contributed by atoms with van der Waals surface area (Å²) in [5, 5.41) is 6.02. The molecule has 0 amide bonds. The Kier molecular flexibility index (Phi) is 3.82. The van der Waals surface area contributed by atoms with Gasteiger partial charge in [0.05, 0.1) is 11.9 Å². The number of hydrogen-bond donors (Lipinski definition) is 2.